The molecule has 1 heterocycles. The van der Waals surface area contributed by atoms with Gasteiger partial charge < -0.3 is 19.5 Å². The molecular formula is C21H23NO5S. The van der Waals surface area contributed by atoms with Gasteiger partial charge in [-0.2, -0.15) is 0 Å². The number of methoxy groups -OCH3 is 1. The highest BCUT2D eigenvalue weighted by molar-refractivity contribution is 7.99. The number of amides is 1. The molecule has 1 N–H and O–H groups in total. The molecule has 2 aromatic carbocycles. The van der Waals surface area contributed by atoms with Crippen LogP contribution in [-0.2, 0) is 10.5 Å². The summed E-state index contributed by atoms with van der Waals surface area (Å²) in [5, 5.41) is 2.99. The minimum Gasteiger partial charge on any atom is -0.496 e. The van der Waals surface area contributed by atoms with Crippen LogP contribution in [0.5, 0.6) is 17.2 Å². The zero-order chi connectivity index (χ0) is 20.1. The maximum Gasteiger partial charge on any atom is 0.231 e. The lowest BCUT2D eigenvalue weighted by atomic mass is 10.1. The molecule has 2 aromatic rings. The van der Waals surface area contributed by atoms with Crippen LogP contribution < -0.4 is 19.5 Å². The number of carbonyl (C=O) groups is 2. The molecule has 1 unspecified atom stereocenters. The van der Waals surface area contributed by atoms with E-state index in [1.807, 2.05) is 31.2 Å². The zero-order valence-electron chi connectivity index (χ0n) is 16.1. The summed E-state index contributed by atoms with van der Waals surface area (Å²) in [6.07, 6.45) is 0. The van der Waals surface area contributed by atoms with E-state index in [-0.39, 0.29) is 24.5 Å². The number of nitrogens with one attached hydrogen (secondary N) is 1. The number of ether oxygens (including phenoxy) is 3. The first-order chi connectivity index (χ1) is 13.5. The molecular weight excluding hydrogens is 378 g/mol. The van der Waals surface area contributed by atoms with Crippen molar-refractivity contribution in [2.45, 2.75) is 25.6 Å². The molecule has 0 radical (unpaired) electrons. The third-order valence-corrected chi connectivity index (χ3v) is 5.43. The normalized spacial score (nSPS) is 13.1. The summed E-state index contributed by atoms with van der Waals surface area (Å²) in [6, 6.07) is 10.9. The molecule has 1 aliphatic rings. The maximum absolute atomic E-state index is 12.3. The van der Waals surface area contributed by atoms with Gasteiger partial charge in [0.15, 0.2) is 17.3 Å². The van der Waals surface area contributed by atoms with Gasteiger partial charge in [-0.25, -0.2) is 0 Å². The first kappa shape index (κ1) is 20.1. The Morgan fingerprint density at radius 3 is 2.71 bits per heavy atom. The van der Waals surface area contributed by atoms with Gasteiger partial charge in [0.2, 0.25) is 12.7 Å². The summed E-state index contributed by atoms with van der Waals surface area (Å²) in [6.45, 7) is 3.69. The molecule has 7 heteroatoms. The first-order valence-corrected chi connectivity index (χ1v) is 10.1. The Bertz CT molecular complexity index is 883. The van der Waals surface area contributed by atoms with E-state index in [4.69, 9.17) is 14.2 Å². The molecule has 1 amide bonds. The van der Waals surface area contributed by atoms with Crippen LogP contribution in [0.15, 0.2) is 36.4 Å². The van der Waals surface area contributed by atoms with Crippen molar-refractivity contribution in [3.05, 3.63) is 53.1 Å². The van der Waals surface area contributed by atoms with Crippen molar-refractivity contribution in [2.24, 2.45) is 0 Å². The van der Waals surface area contributed by atoms with Crippen LogP contribution in [0.4, 0.5) is 0 Å². The topological polar surface area (TPSA) is 73.9 Å². The van der Waals surface area contributed by atoms with Crippen molar-refractivity contribution < 1.29 is 23.8 Å². The van der Waals surface area contributed by atoms with Crippen molar-refractivity contribution in [1.82, 2.24) is 5.32 Å². The third kappa shape index (κ3) is 4.78. The smallest absolute Gasteiger partial charge is 0.231 e. The molecule has 6 nitrogen and oxygen atoms in total. The zero-order valence-corrected chi connectivity index (χ0v) is 16.9. The summed E-state index contributed by atoms with van der Waals surface area (Å²) in [5.74, 6) is 2.97. The standard InChI is InChI=1S/C21H23NO5S/c1-13(15-4-7-19-20(9-15)27-12-26-19)22-21(24)11-28-10-17-8-16(14(2)23)5-6-18(17)25-3/h4-9,13H,10-12H2,1-3H3,(H,22,24). The number of rotatable bonds is 8. The van der Waals surface area contributed by atoms with Crippen LogP contribution >= 0.6 is 11.8 Å². The Hall–Kier alpha value is -2.67. The minimum absolute atomic E-state index is 0.00389. The number of carbonyl (C=O) groups excluding carboxylic acids is 2. The highest BCUT2D eigenvalue weighted by Crippen LogP contribution is 2.34. The van der Waals surface area contributed by atoms with Crippen molar-refractivity contribution in [3.63, 3.8) is 0 Å². The summed E-state index contributed by atoms with van der Waals surface area (Å²) in [7, 11) is 1.59. The number of fused-ring (bicyclic) bond motifs is 1. The van der Waals surface area contributed by atoms with Crippen molar-refractivity contribution in [1.29, 1.82) is 0 Å². The molecule has 0 bridgehead atoms. The van der Waals surface area contributed by atoms with E-state index in [0.717, 1.165) is 16.9 Å². The number of Topliss-reactive ketones (excluding diaryl/α,β-unsaturated/α-hetero) is 1. The van der Waals surface area contributed by atoms with Gasteiger partial charge in [-0.15, -0.1) is 11.8 Å². The maximum atomic E-state index is 12.3. The second kappa shape index (κ2) is 9.01. The molecule has 0 spiro atoms. The number of hydrogen-bond acceptors (Lipinski definition) is 6. The van der Waals surface area contributed by atoms with E-state index < -0.39 is 0 Å². The molecule has 1 atom stereocenters. The third-order valence-electron chi connectivity index (χ3n) is 4.45. The van der Waals surface area contributed by atoms with Crippen LogP contribution in [0.2, 0.25) is 0 Å². The van der Waals surface area contributed by atoms with Crippen LogP contribution in [0, 0.1) is 0 Å². The van der Waals surface area contributed by atoms with Gasteiger partial charge in [0.1, 0.15) is 5.75 Å². The van der Waals surface area contributed by atoms with E-state index in [9.17, 15) is 9.59 Å². The molecule has 148 valence electrons. The molecule has 0 saturated heterocycles. The molecule has 0 aromatic heterocycles. The Labute approximate surface area is 168 Å². The predicted molar refractivity (Wildman–Crippen MR) is 108 cm³/mol. The van der Waals surface area contributed by atoms with Crippen LogP contribution in [-0.4, -0.2) is 31.3 Å². The number of hydrogen-bond donors (Lipinski definition) is 1. The van der Waals surface area contributed by atoms with Crippen molar-refractivity contribution in [2.75, 3.05) is 19.7 Å². The van der Waals surface area contributed by atoms with E-state index in [1.165, 1.54) is 18.7 Å². The predicted octanol–water partition coefficient (Wildman–Crippen LogP) is 3.74. The monoisotopic (exact) mass is 401 g/mol. The van der Waals surface area contributed by atoms with E-state index in [0.29, 0.717) is 28.6 Å². The lowest BCUT2D eigenvalue weighted by molar-refractivity contribution is -0.119. The number of ketones is 1. The Morgan fingerprint density at radius 2 is 1.96 bits per heavy atom. The average molecular weight is 401 g/mol. The Kier molecular flexibility index (Phi) is 6.46. The van der Waals surface area contributed by atoms with E-state index in [1.54, 1.807) is 19.2 Å². The van der Waals surface area contributed by atoms with Gasteiger partial charge >= 0.3 is 0 Å². The van der Waals surface area contributed by atoms with Crippen LogP contribution in [0.3, 0.4) is 0 Å². The van der Waals surface area contributed by atoms with E-state index in [2.05, 4.69) is 5.32 Å². The van der Waals surface area contributed by atoms with E-state index >= 15 is 0 Å². The van der Waals surface area contributed by atoms with Gasteiger partial charge in [-0.1, -0.05) is 6.07 Å². The molecule has 0 aliphatic carbocycles. The Morgan fingerprint density at radius 1 is 1.18 bits per heavy atom. The molecule has 3 rings (SSSR count). The summed E-state index contributed by atoms with van der Waals surface area (Å²) in [4.78, 5) is 23.9. The highest BCUT2D eigenvalue weighted by atomic mass is 32.2. The fourth-order valence-electron chi connectivity index (χ4n) is 2.91. The Balaban J connectivity index is 1.53. The van der Waals surface area contributed by atoms with Crippen molar-refractivity contribution >= 4 is 23.5 Å². The fourth-order valence-corrected chi connectivity index (χ4v) is 3.73. The van der Waals surface area contributed by atoms with Gasteiger partial charge in [0, 0.05) is 16.9 Å². The van der Waals surface area contributed by atoms with Crippen molar-refractivity contribution in [3.8, 4) is 17.2 Å². The molecule has 0 saturated carbocycles. The number of benzene rings is 2. The summed E-state index contributed by atoms with van der Waals surface area (Å²) >= 11 is 1.47. The van der Waals surface area contributed by atoms with Gasteiger partial charge in [-0.3, -0.25) is 9.59 Å². The highest BCUT2D eigenvalue weighted by Gasteiger charge is 2.17. The van der Waals surface area contributed by atoms with Gasteiger partial charge in [0.25, 0.3) is 0 Å². The SMILES string of the molecule is COc1ccc(C(C)=O)cc1CSCC(=O)NC(C)c1ccc2c(c1)OCO2. The van der Waals surface area contributed by atoms with Crippen LogP contribution in [0.25, 0.3) is 0 Å². The van der Waals surface area contributed by atoms with Crippen LogP contribution in [0.1, 0.15) is 41.4 Å². The largest absolute Gasteiger partial charge is 0.496 e. The second-order valence-electron chi connectivity index (χ2n) is 6.48. The molecule has 28 heavy (non-hydrogen) atoms. The van der Waals surface area contributed by atoms with Gasteiger partial charge in [-0.05, 0) is 49.7 Å². The minimum atomic E-state index is -0.141. The number of thioether (sulfide) groups is 1. The lowest BCUT2D eigenvalue weighted by Gasteiger charge is -2.15. The molecule has 0 fully saturated rings. The summed E-state index contributed by atoms with van der Waals surface area (Å²) < 4.78 is 16.0. The quantitative estimate of drug-likeness (QED) is 0.680. The first-order valence-electron chi connectivity index (χ1n) is 8.92. The summed E-state index contributed by atoms with van der Waals surface area (Å²) in [5.41, 5.74) is 2.49. The average Bonchev–Trinajstić information content (AvgIpc) is 3.15. The second-order valence-corrected chi connectivity index (χ2v) is 7.46. The fraction of sp³-hybridized carbons (Fsp3) is 0.333. The van der Waals surface area contributed by atoms with Gasteiger partial charge in [0.05, 0.1) is 18.9 Å². The lowest BCUT2D eigenvalue weighted by Crippen LogP contribution is -2.28. The molecule has 1 aliphatic heterocycles.